The van der Waals surface area contributed by atoms with Crippen molar-refractivity contribution in [2.24, 2.45) is 0 Å². The molecule has 0 atom stereocenters. The van der Waals surface area contributed by atoms with Gasteiger partial charge in [0, 0.05) is 18.3 Å². The molecule has 0 spiro atoms. The first kappa shape index (κ1) is 24.8. The minimum atomic E-state index is -4.81. The van der Waals surface area contributed by atoms with E-state index in [-0.39, 0.29) is 46.2 Å². The number of oxazole rings is 1. The molecule has 36 heavy (non-hydrogen) atoms. The number of allylic oxidation sites excluding steroid dienone is 1. The van der Waals surface area contributed by atoms with Gasteiger partial charge >= 0.3 is 6.18 Å². The lowest BCUT2D eigenvalue weighted by molar-refractivity contribution is -0.140. The Kier molecular flexibility index (Phi) is 6.47. The molecule has 0 aliphatic heterocycles. The van der Waals surface area contributed by atoms with Gasteiger partial charge in [0.1, 0.15) is 22.7 Å². The Morgan fingerprint density at radius 3 is 2.56 bits per heavy atom. The summed E-state index contributed by atoms with van der Waals surface area (Å²) >= 11 is 0. The molecular weight excluding hydrogens is 475 g/mol. The Hall–Kier alpha value is -4.30. The fourth-order valence-electron chi connectivity index (χ4n) is 3.88. The lowest BCUT2D eigenvalue weighted by Gasteiger charge is -2.13. The summed E-state index contributed by atoms with van der Waals surface area (Å²) in [6.45, 7) is 1.78. The minimum absolute atomic E-state index is 0.0578. The van der Waals surface area contributed by atoms with Crippen LogP contribution in [0.2, 0.25) is 0 Å². The van der Waals surface area contributed by atoms with Gasteiger partial charge in [0.2, 0.25) is 5.89 Å². The Bertz CT molecular complexity index is 1550. The molecule has 1 aromatic carbocycles. The highest BCUT2D eigenvalue weighted by Gasteiger charge is 2.39. The number of hydrogen-bond donors (Lipinski definition) is 1. The van der Waals surface area contributed by atoms with E-state index in [9.17, 15) is 18.0 Å². The van der Waals surface area contributed by atoms with E-state index in [2.05, 4.69) is 21.0 Å². The molecule has 186 valence electrons. The first-order valence-electron chi connectivity index (χ1n) is 10.7. The molecule has 0 saturated heterocycles. The topological polar surface area (TPSA) is 88.7 Å². The van der Waals surface area contributed by atoms with Gasteiger partial charge in [-0.1, -0.05) is 36.3 Å². The molecule has 8 nitrogen and oxygen atoms in total. The number of halogens is 3. The van der Waals surface area contributed by atoms with Gasteiger partial charge in [-0.25, -0.2) is 4.98 Å². The van der Waals surface area contributed by atoms with Crippen molar-refractivity contribution < 1.29 is 22.3 Å². The molecule has 0 aliphatic carbocycles. The third kappa shape index (κ3) is 4.38. The van der Waals surface area contributed by atoms with Crippen LogP contribution in [0.15, 0.2) is 45.6 Å². The SMILES string of the molecule is C#C/C=C(/OC)c1nc(-c2c(CN(C)C)[nH]c3c(-c4ccccc4)c(C(F)(F)F)nn3c2=O)oc1C. The van der Waals surface area contributed by atoms with E-state index >= 15 is 0 Å². The number of aromatic amines is 1. The Morgan fingerprint density at radius 1 is 1.28 bits per heavy atom. The molecule has 0 unspecified atom stereocenters. The average Bonchev–Trinajstić information content (AvgIpc) is 3.39. The van der Waals surface area contributed by atoms with E-state index in [0.29, 0.717) is 16.0 Å². The van der Waals surface area contributed by atoms with E-state index < -0.39 is 17.4 Å². The molecule has 4 aromatic rings. The van der Waals surface area contributed by atoms with Crippen LogP contribution in [0.4, 0.5) is 13.2 Å². The summed E-state index contributed by atoms with van der Waals surface area (Å²) in [5, 5.41) is 3.68. The molecule has 0 fully saturated rings. The van der Waals surface area contributed by atoms with Gasteiger partial charge in [-0.05, 0) is 26.6 Å². The second kappa shape index (κ2) is 9.39. The zero-order chi connectivity index (χ0) is 26.2. The summed E-state index contributed by atoms with van der Waals surface area (Å²) in [6, 6.07) is 7.96. The molecular formula is C25H22F3N5O3. The second-order valence-corrected chi connectivity index (χ2v) is 8.17. The quantitative estimate of drug-likeness (QED) is 0.315. The maximum absolute atomic E-state index is 14.0. The van der Waals surface area contributed by atoms with Crippen molar-refractivity contribution >= 4 is 11.4 Å². The number of nitrogens with zero attached hydrogens (tertiary/aromatic N) is 4. The summed E-state index contributed by atoms with van der Waals surface area (Å²) in [5.74, 6) is 2.79. The summed E-state index contributed by atoms with van der Waals surface area (Å²) in [4.78, 5) is 22.8. The number of ether oxygens (including phenoxy) is 1. The number of aryl methyl sites for hydroxylation is 1. The number of methoxy groups -OCH3 is 1. The van der Waals surface area contributed by atoms with Crippen molar-refractivity contribution in [1.29, 1.82) is 0 Å². The van der Waals surface area contributed by atoms with Crippen LogP contribution < -0.4 is 5.56 Å². The summed E-state index contributed by atoms with van der Waals surface area (Å²) in [6.07, 6.45) is 1.89. The van der Waals surface area contributed by atoms with Crippen molar-refractivity contribution in [3.05, 3.63) is 69.6 Å². The Morgan fingerprint density at radius 2 is 1.97 bits per heavy atom. The van der Waals surface area contributed by atoms with Crippen LogP contribution in [-0.4, -0.2) is 45.7 Å². The molecule has 3 heterocycles. The number of hydrogen-bond acceptors (Lipinski definition) is 6. The first-order valence-corrected chi connectivity index (χ1v) is 10.7. The molecule has 0 aliphatic rings. The van der Waals surface area contributed by atoms with Gasteiger partial charge in [-0.2, -0.15) is 22.8 Å². The number of benzene rings is 1. The predicted octanol–water partition coefficient (Wildman–Crippen LogP) is 4.35. The Balaban J connectivity index is 2.08. The molecule has 1 N–H and O–H groups in total. The summed E-state index contributed by atoms with van der Waals surface area (Å²) in [7, 11) is 4.92. The molecule has 3 aromatic heterocycles. The van der Waals surface area contributed by atoms with Crippen molar-refractivity contribution in [2.45, 2.75) is 19.6 Å². The van der Waals surface area contributed by atoms with Crippen LogP contribution in [0, 0.1) is 19.3 Å². The fourth-order valence-corrected chi connectivity index (χ4v) is 3.88. The molecule has 0 saturated carbocycles. The number of terminal acetylenes is 1. The number of rotatable bonds is 6. The second-order valence-electron chi connectivity index (χ2n) is 8.17. The summed E-state index contributed by atoms with van der Waals surface area (Å²) in [5.41, 5.74) is -1.55. The highest BCUT2D eigenvalue weighted by Crippen LogP contribution is 2.38. The first-order chi connectivity index (χ1) is 17.1. The van der Waals surface area contributed by atoms with Gasteiger partial charge < -0.3 is 19.0 Å². The zero-order valence-corrected chi connectivity index (χ0v) is 19.9. The number of fused-ring (bicyclic) bond motifs is 1. The predicted molar refractivity (Wildman–Crippen MR) is 128 cm³/mol. The van der Waals surface area contributed by atoms with Gasteiger partial charge in [0.25, 0.3) is 5.56 Å². The van der Waals surface area contributed by atoms with Crippen LogP contribution in [-0.2, 0) is 17.5 Å². The molecule has 4 rings (SSSR count). The van der Waals surface area contributed by atoms with E-state index in [1.54, 1.807) is 44.1 Å². The Labute approximate surface area is 204 Å². The van der Waals surface area contributed by atoms with Crippen molar-refractivity contribution in [2.75, 3.05) is 21.2 Å². The van der Waals surface area contributed by atoms with Crippen molar-refractivity contribution in [1.82, 2.24) is 24.5 Å². The number of alkyl halides is 3. The van der Waals surface area contributed by atoms with Gasteiger partial charge in [-0.15, -0.1) is 6.42 Å². The number of aromatic nitrogens is 4. The van der Waals surface area contributed by atoms with E-state index in [1.165, 1.54) is 25.3 Å². The standard InChI is InChI=1S/C25H22F3N5O3/c1-6-10-17(35-5)20-14(2)36-23(30-20)19-16(13-32(3)4)29-22-18(15-11-8-7-9-12-15)21(25(26,27)28)31-33(22)24(19)34/h1,7-12,29H,13H2,2-5H3/b17-10+. The van der Waals surface area contributed by atoms with Crippen LogP contribution in [0.25, 0.3) is 34.0 Å². The smallest absolute Gasteiger partial charge is 0.435 e. The van der Waals surface area contributed by atoms with Crippen LogP contribution in [0.5, 0.6) is 0 Å². The highest BCUT2D eigenvalue weighted by atomic mass is 19.4. The van der Waals surface area contributed by atoms with E-state index in [0.717, 1.165) is 0 Å². The molecule has 11 heteroatoms. The minimum Gasteiger partial charge on any atom is -0.494 e. The molecule has 0 amide bonds. The van der Waals surface area contributed by atoms with Crippen molar-refractivity contribution in [3.8, 4) is 34.9 Å². The molecule has 0 bridgehead atoms. The van der Waals surface area contributed by atoms with E-state index in [1.807, 2.05) is 0 Å². The maximum atomic E-state index is 14.0. The zero-order valence-electron chi connectivity index (χ0n) is 19.9. The maximum Gasteiger partial charge on any atom is 0.435 e. The van der Waals surface area contributed by atoms with Gasteiger partial charge in [0.15, 0.2) is 11.5 Å². The lowest BCUT2D eigenvalue weighted by atomic mass is 10.1. The largest absolute Gasteiger partial charge is 0.494 e. The van der Waals surface area contributed by atoms with Gasteiger partial charge in [-0.3, -0.25) is 4.79 Å². The highest BCUT2D eigenvalue weighted by molar-refractivity contribution is 5.81. The fraction of sp³-hybridized carbons (Fsp3) is 0.240. The number of H-pyrrole nitrogens is 1. The van der Waals surface area contributed by atoms with E-state index in [4.69, 9.17) is 15.6 Å². The third-order valence-corrected chi connectivity index (χ3v) is 5.35. The monoisotopic (exact) mass is 497 g/mol. The lowest BCUT2D eigenvalue weighted by Crippen LogP contribution is -2.23. The van der Waals surface area contributed by atoms with Crippen LogP contribution in [0.1, 0.15) is 22.8 Å². The third-order valence-electron chi connectivity index (χ3n) is 5.35. The van der Waals surface area contributed by atoms with Gasteiger partial charge in [0.05, 0.1) is 12.7 Å². The molecule has 0 radical (unpaired) electrons. The summed E-state index contributed by atoms with van der Waals surface area (Å²) < 4.78 is 53.8. The van der Waals surface area contributed by atoms with Crippen molar-refractivity contribution in [3.63, 3.8) is 0 Å². The van der Waals surface area contributed by atoms with Crippen LogP contribution >= 0.6 is 0 Å². The van der Waals surface area contributed by atoms with Crippen LogP contribution in [0.3, 0.4) is 0 Å². The average molecular weight is 497 g/mol. The number of nitrogens with one attached hydrogen (secondary N) is 1. The normalized spacial score (nSPS) is 12.4.